The minimum Gasteiger partial charge on any atom is -0.207 e. The molecule has 0 aromatic heterocycles. The van der Waals surface area contributed by atoms with Gasteiger partial charge in [0.05, 0.1) is 0 Å². The summed E-state index contributed by atoms with van der Waals surface area (Å²) in [5.41, 5.74) is 0.997. The van der Waals surface area contributed by atoms with E-state index >= 15 is 0 Å². The summed E-state index contributed by atoms with van der Waals surface area (Å²) in [5.74, 6) is -2.33. The first kappa shape index (κ1) is 18.2. The highest BCUT2D eigenvalue weighted by Gasteiger charge is 2.10. The molecule has 0 aliphatic heterocycles. The minimum atomic E-state index is -0.783. The third-order valence-corrected chi connectivity index (χ3v) is 3.19. The van der Waals surface area contributed by atoms with Crippen LogP contribution < -0.4 is 0 Å². The average Bonchev–Trinajstić information content (AvgIpc) is 2.41. The molecule has 22 heavy (non-hydrogen) atoms. The molecule has 0 spiro atoms. The van der Waals surface area contributed by atoms with Crippen LogP contribution in [0.15, 0.2) is 36.4 Å². The molecule has 0 unspecified atom stereocenters. The standard InChI is InChI=1S/2C9H10F2/c1-6(2)7-3-4-8(10)9(11)5-7;1-6(2)9-7(10)4-3-5-8(9)11/h2*3-6H,1-2H3. The normalized spacial score (nSPS) is 10.6. The molecule has 0 fully saturated rings. The molecule has 0 saturated heterocycles. The van der Waals surface area contributed by atoms with Crippen molar-refractivity contribution in [3.8, 4) is 0 Å². The number of benzene rings is 2. The molecular formula is C18H20F4. The Morgan fingerprint density at radius 3 is 1.55 bits per heavy atom. The lowest BCUT2D eigenvalue weighted by atomic mass is 10.0. The molecule has 0 radical (unpaired) electrons. The summed E-state index contributed by atoms with van der Waals surface area (Å²) in [5, 5.41) is 0. The van der Waals surface area contributed by atoms with Crippen LogP contribution in [0.5, 0.6) is 0 Å². The van der Waals surface area contributed by atoms with Gasteiger partial charge in [0.15, 0.2) is 11.6 Å². The van der Waals surface area contributed by atoms with Crippen LogP contribution in [0.1, 0.15) is 50.7 Å². The molecule has 0 heterocycles. The summed E-state index contributed by atoms with van der Waals surface area (Å²) in [6.07, 6.45) is 0. The highest BCUT2D eigenvalue weighted by atomic mass is 19.2. The van der Waals surface area contributed by atoms with E-state index in [1.165, 1.54) is 24.3 Å². The van der Waals surface area contributed by atoms with Gasteiger partial charge in [-0.15, -0.1) is 0 Å². The van der Waals surface area contributed by atoms with Gasteiger partial charge in [-0.2, -0.15) is 0 Å². The third kappa shape index (κ3) is 4.86. The van der Waals surface area contributed by atoms with Gasteiger partial charge in [-0.3, -0.25) is 0 Å². The van der Waals surface area contributed by atoms with Gasteiger partial charge < -0.3 is 0 Å². The first-order valence-corrected chi connectivity index (χ1v) is 7.12. The molecule has 2 aromatic carbocycles. The van der Waals surface area contributed by atoms with Crippen molar-refractivity contribution in [2.45, 2.75) is 39.5 Å². The van der Waals surface area contributed by atoms with Gasteiger partial charge in [-0.05, 0) is 41.7 Å². The fraction of sp³-hybridized carbons (Fsp3) is 0.333. The summed E-state index contributed by atoms with van der Waals surface area (Å²) in [6.45, 7) is 7.41. The number of halogens is 4. The van der Waals surface area contributed by atoms with Gasteiger partial charge in [-0.1, -0.05) is 39.8 Å². The zero-order chi connectivity index (χ0) is 16.9. The average molecular weight is 312 g/mol. The Morgan fingerprint density at radius 1 is 0.636 bits per heavy atom. The van der Waals surface area contributed by atoms with E-state index in [1.807, 2.05) is 13.8 Å². The molecular weight excluding hydrogens is 292 g/mol. The van der Waals surface area contributed by atoms with Crippen LogP contribution in [0.2, 0.25) is 0 Å². The highest BCUT2D eigenvalue weighted by Crippen LogP contribution is 2.21. The Hall–Kier alpha value is -1.84. The van der Waals surface area contributed by atoms with Crippen molar-refractivity contribution in [2.24, 2.45) is 0 Å². The van der Waals surface area contributed by atoms with E-state index in [0.717, 1.165) is 11.6 Å². The van der Waals surface area contributed by atoms with Crippen molar-refractivity contribution < 1.29 is 17.6 Å². The third-order valence-electron chi connectivity index (χ3n) is 3.19. The Morgan fingerprint density at radius 2 is 1.18 bits per heavy atom. The largest absolute Gasteiger partial charge is 0.207 e. The second-order valence-corrected chi connectivity index (χ2v) is 5.62. The van der Waals surface area contributed by atoms with Gasteiger partial charge in [0.25, 0.3) is 0 Å². The van der Waals surface area contributed by atoms with Crippen molar-refractivity contribution in [2.75, 3.05) is 0 Å². The molecule has 120 valence electrons. The molecule has 0 nitrogen and oxygen atoms in total. The molecule has 2 rings (SSSR count). The zero-order valence-electron chi connectivity index (χ0n) is 13.1. The summed E-state index contributed by atoms with van der Waals surface area (Å²) >= 11 is 0. The molecule has 4 heteroatoms. The van der Waals surface area contributed by atoms with Crippen molar-refractivity contribution >= 4 is 0 Å². The SMILES string of the molecule is CC(C)c1c(F)cccc1F.CC(C)c1ccc(F)c(F)c1. The van der Waals surface area contributed by atoms with Gasteiger partial charge in [-0.25, -0.2) is 17.6 Å². The predicted molar refractivity (Wildman–Crippen MR) is 80.9 cm³/mol. The van der Waals surface area contributed by atoms with E-state index in [0.29, 0.717) is 0 Å². The number of hydrogen-bond acceptors (Lipinski definition) is 0. The zero-order valence-corrected chi connectivity index (χ0v) is 13.1. The maximum Gasteiger partial charge on any atom is 0.159 e. The first-order valence-electron chi connectivity index (χ1n) is 7.12. The van der Waals surface area contributed by atoms with Crippen LogP contribution in [-0.4, -0.2) is 0 Å². The molecule has 0 N–H and O–H groups in total. The second-order valence-electron chi connectivity index (χ2n) is 5.62. The van der Waals surface area contributed by atoms with Crippen LogP contribution in [0.4, 0.5) is 17.6 Å². The van der Waals surface area contributed by atoms with Gasteiger partial charge in [0.1, 0.15) is 11.6 Å². The Kier molecular flexibility index (Phi) is 6.60. The summed E-state index contributed by atoms with van der Waals surface area (Å²) in [7, 11) is 0. The maximum atomic E-state index is 12.9. The van der Waals surface area contributed by atoms with Crippen LogP contribution in [0.3, 0.4) is 0 Å². The molecule has 0 amide bonds. The summed E-state index contributed by atoms with van der Waals surface area (Å²) in [4.78, 5) is 0. The highest BCUT2D eigenvalue weighted by molar-refractivity contribution is 5.22. The Labute approximate surface area is 128 Å². The van der Waals surface area contributed by atoms with E-state index in [9.17, 15) is 17.6 Å². The quantitative estimate of drug-likeness (QED) is 0.581. The lowest BCUT2D eigenvalue weighted by Gasteiger charge is -2.06. The molecule has 0 aliphatic rings. The van der Waals surface area contributed by atoms with Crippen LogP contribution in [0.25, 0.3) is 0 Å². The minimum absolute atomic E-state index is 0.101. The van der Waals surface area contributed by atoms with Crippen molar-refractivity contribution in [3.05, 3.63) is 70.8 Å². The summed E-state index contributed by atoms with van der Waals surface area (Å²) in [6, 6.07) is 7.92. The molecule has 0 aliphatic carbocycles. The topological polar surface area (TPSA) is 0 Å². The molecule has 0 atom stereocenters. The Balaban J connectivity index is 0.000000220. The molecule has 2 aromatic rings. The maximum absolute atomic E-state index is 12.9. The van der Waals surface area contributed by atoms with E-state index in [2.05, 4.69) is 0 Å². The van der Waals surface area contributed by atoms with Gasteiger partial charge in [0.2, 0.25) is 0 Å². The van der Waals surface area contributed by atoms with Crippen molar-refractivity contribution in [3.63, 3.8) is 0 Å². The fourth-order valence-corrected chi connectivity index (χ4v) is 1.93. The monoisotopic (exact) mass is 312 g/mol. The second kappa shape index (κ2) is 7.97. The van der Waals surface area contributed by atoms with E-state index < -0.39 is 23.3 Å². The van der Waals surface area contributed by atoms with Gasteiger partial charge >= 0.3 is 0 Å². The van der Waals surface area contributed by atoms with Crippen molar-refractivity contribution in [1.29, 1.82) is 0 Å². The van der Waals surface area contributed by atoms with E-state index in [1.54, 1.807) is 19.9 Å². The molecule has 0 bridgehead atoms. The van der Waals surface area contributed by atoms with Crippen molar-refractivity contribution in [1.82, 2.24) is 0 Å². The van der Waals surface area contributed by atoms with E-state index in [4.69, 9.17) is 0 Å². The number of rotatable bonds is 2. The van der Waals surface area contributed by atoms with Crippen LogP contribution in [-0.2, 0) is 0 Å². The smallest absolute Gasteiger partial charge is 0.159 e. The summed E-state index contributed by atoms with van der Waals surface area (Å²) < 4.78 is 50.7. The first-order chi connectivity index (χ1) is 10.2. The Bertz CT molecular complexity index is 598. The fourth-order valence-electron chi connectivity index (χ4n) is 1.93. The number of hydrogen-bond donors (Lipinski definition) is 0. The predicted octanol–water partition coefficient (Wildman–Crippen LogP) is 6.18. The van der Waals surface area contributed by atoms with Gasteiger partial charge in [0, 0.05) is 5.56 Å². The lowest BCUT2D eigenvalue weighted by molar-refractivity contribution is 0.506. The van der Waals surface area contributed by atoms with Crippen LogP contribution >= 0.6 is 0 Å². The van der Waals surface area contributed by atoms with Crippen LogP contribution in [0, 0.1) is 23.3 Å². The molecule has 0 saturated carbocycles. The van der Waals surface area contributed by atoms with E-state index in [-0.39, 0.29) is 17.4 Å². The lowest BCUT2D eigenvalue weighted by Crippen LogP contribution is -1.96.